The fourth-order valence-corrected chi connectivity index (χ4v) is 4.99. The Kier molecular flexibility index (Phi) is 3.91. The molecule has 0 aromatic carbocycles. The summed E-state index contributed by atoms with van der Waals surface area (Å²) in [6.07, 6.45) is 9.46. The SMILES string of the molecule is C=CCC[SiH](C)C1CCCC1. The summed E-state index contributed by atoms with van der Waals surface area (Å²) < 4.78 is 0. The van der Waals surface area contributed by atoms with Crippen LogP contribution in [0.4, 0.5) is 0 Å². The summed E-state index contributed by atoms with van der Waals surface area (Å²) >= 11 is 0. The lowest BCUT2D eigenvalue weighted by molar-refractivity contribution is 0.844. The van der Waals surface area contributed by atoms with Crippen LogP contribution in [0.3, 0.4) is 0 Å². The van der Waals surface area contributed by atoms with Crippen molar-refractivity contribution in [2.45, 2.75) is 50.2 Å². The molecule has 11 heavy (non-hydrogen) atoms. The number of hydrogen-bond acceptors (Lipinski definition) is 0. The molecular formula is C10H20Si. The minimum Gasteiger partial charge on any atom is -0.103 e. The molecule has 1 atom stereocenters. The number of hydrogen-bond donors (Lipinski definition) is 0. The molecule has 0 aliphatic heterocycles. The molecule has 1 fully saturated rings. The molecule has 1 aliphatic carbocycles. The van der Waals surface area contributed by atoms with Crippen molar-refractivity contribution in [3.63, 3.8) is 0 Å². The molecule has 0 aromatic rings. The van der Waals surface area contributed by atoms with E-state index in [2.05, 4.69) is 19.2 Å². The highest BCUT2D eigenvalue weighted by Crippen LogP contribution is 2.34. The Morgan fingerprint density at radius 1 is 1.45 bits per heavy atom. The van der Waals surface area contributed by atoms with E-state index in [1.807, 2.05) is 0 Å². The van der Waals surface area contributed by atoms with Gasteiger partial charge in [0.1, 0.15) is 0 Å². The molecule has 0 amide bonds. The summed E-state index contributed by atoms with van der Waals surface area (Å²) in [6, 6.07) is 1.49. The van der Waals surface area contributed by atoms with Crippen LogP contribution in [-0.2, 0) is 0 Å². The Balaban J connectivity index is 2.16. The zero-order valence-corrected chi connectivity index (χ0v) is 8.84. The van der Waals surface area contributed by atoms with Crippen LogP contribution >= 0.6 is 0 Å². The van der Waals surface area contributed by atoms with Crippen LogP contribution in [0.1, 0.15) is 32.1 Å². The average molecular weight is 168 g/mol. The predicted molar refractivity (Wildman–Crippen MR) is 54.9 cm³/mol. The fraction of sp³-hybridized carbons (Fsp3) is 0.800. The lowest BCUT2D eigenvalue weighted by atomic mass is 10.4. The first-order chi connectivity index (χ1) is 5.34. The smallest absolute Gasteiger partial charge is 0.0370 e. The van der Waals surface area contributed by atoms with E-state index in [-0.39, 0.29) is 8.80 Å². The van der Waals surface area contributed by atoms with Gasteiger partial charge >= 0.3 is 0 Å². The Labute approximate surface area is 72.3 Å². The van der Waals surface area contributed by atoms with Crippen molar-refractivity contribution in [2.24, 2.45) is 0 Å². The van der Waals surface area contributed by atoms with Gasteiger partial charge in [-0.2, -0.15) is 0 Å². The molecule has 0 nitrogen and oxygen atoms in total. The Hall–Kier alpha value is -0.0431. The van der Waals surface area contributed by atoms with Crippen molar-refractivity contribution in [1.29, 1.82) is 0 Å². The zero-order chi connectivity index (χ0) is 8.10. The zero-order valence-electron chi connectivity index (χ0n) is 7.68. The van der Waals surface area contributed by atoms with E-state index in [0.29, 0.717) is 0 Å². The van der Waals surface area contributed by atoms with Crippen LogP contribution in [0, 0.1) is 0 Å². The normalized spacial score (nSPS) is 21.9. The van der Waals surface area contributed by atoms with Gasteiger partial charge in [0, 0.05) is 8.80 Å². The van der Waals surface area contributed by atoms with Gasteiger partial charge in [-0.15, -0.1) is 6.58 Å². The van der Waals surface area contributed by atoms with E-state index in [0.717, 1.165) is 0 Å². The van der Waals surface area contributed by atoms with E-state index < -0.39 is 0 Å². The van der Waals surface area contributed by atoms with Gasteiger partial charge in [-0.3, -0.25) is 0 Å². The summed E-state index contributed by atoms with van der Waals surface area (Å²) in [5.74, 6) is 0. The quantitative estimate of drug-likeness (QED) is 0.446. The molecule has 1 rings (SSSR count). The summed E-state index contributed by atoms with van der Waals surface area (Å²) in [5, 5.41) is 0. The number of allylic oxidation sites excluding steroid dienone is 1. The molecule has 64 valence electrons. The minimum atomic E-state index is -0.344. The van der Waals surface area contributed by atoms with Gasteiger partial charge in [0.2, 0.25) is 0 Å². The maximum atomic E-state index is 3.78. The molecule has 1 heteroatoms. The maximum absolute atomic E-state index is 3.78. The maximum Gasteiger partial charge on any atom is 0.0370 e. The standard InChI is InChI=1S/C10H20Si/c1-3-4-9-11(2)10-7-5-6-8-10/h3,10-11H,1,4-9H2,2H3. The van der Waals surface area contributed by atoms with E-state index in [4.69, 9.17) is 0 Å². The first-order valence-electron chi connectivity index (χ1n) is 4.95. The molecule has 0 aromatic heterocycles. The van der Waals surface area contributed by atoms with Gasteiger partial charge in [-0.25, -0.2) is 0 Å². The molecule has 1 unspecified atom stereocenters. The second-order valence-corrected chi connectivity index (χ2v) is 7.36. The van der Waals surface area contributed by atoms with Crippen molar-refractivity contribution in [2.75, 3.05) is 0 Å². The van der Waals surface area contributed by atoms with E-state index in [9.17, 15) is 0 Å². The van der Waals surface area contributed by atoms with Gasteiger partial charge < -0.3 is 0 Å². The van der Waals surface area contributed by atoms with Gasteiger partial charge in [0.15, 0.2) is 0 Å². The van der Waals surface area contributed by atoms with Crippen LogP contribution in [0.5, 0.6) is 0 Å². The highest BCUT2D eigenvalue weighted by atomic mass is 28.3. The van der Waals surface area contributed by atoms with Crippen LogP contribution in [-0.4, -0.2) is 8.80 Å². The van der Waals surface area contributed by atoms with Gasteiger partial charge in [0.25, 0.3) is 0 Å². The first-order valence-corrected chi connectivity index (χ1v) is 7.59. The van der Waals surface area contributed by atoms with Crippen molar-refractivity contribution in [3.8, 4) is 0 Å². The Morgan fingerprint density at radius 3 is 2.64 bits per heavy atom. The molecule has 0 N–H and O–H groups in total. The molecule has 1 aliphatic rings. The third kappa shape index (κ3) is 2.82. The van der Waals surface area contributed by atoms with Crippen LogP contribution in [0.2, 0.25) is 18.1 Å². The predicted octanol–water partition coefficient (Wildman–Crippen LogP) is 3.36. The molecule has 0 spiro atoms. The lowest BCUT2D eigenvalue weighted by Crippen LogP contribution is -2.12. The summed E-state index contributed by atoms with van der Waals surface area (Å²) in [6.45, 7) is 6.32. The van der Waals surface area contributed by atoms with Crippen molar-refractivity contribution in [3.05, 3.63) is 12.7 Å². The highest BCUT2D eigenvalue weighted by Gasteiger charge is 2.21. The molecule has 0 heterocycles. The average Bonchev–Trinajstić information content (AvgIpc) is 2.52. The Morgan fingerprint density at radius 2 is 2.09 bits per heavy atom. The minimum absolute atomic E-state index is 0.344. The molecule has 0 saturated heterocycles. The third-order valence-corrected chi connectivity index (χ3v) is 6.55. The largest absolute Gasteiger partial charge is 0.103 e. The van der Waals surface area contributed by atoms with Crippen LogP contribution in [0.25, 0.3) is 0 Å². The van der Waals surface area contributed by atoms with Crippen molar-refractivity contribution < 1.29 is 0 Å². The second-order valence-electron chi connectivity index (χ2n) is 3.89. The monoisotopic (exact) mass is 168 g/mol. The van der Waals surface area contributed by atoms with Crippen molar-refractivity contribution >= 4 is 8.80 Å². The fourth-order valence-electron chi connectivity index (χ4n) is 2.14. The lowest BCUT2D eigenvalue weighted by Gasteiger charge is -2.15. The van der Waals surface area contributed by atoms with E-state index >= 15 is 0 Å². The molecule has 0 radical (unpaired) electrons. The Bertz CT molecular complexity index is 114. The molecule has 1 saturated carbocycles. The van der Waals surface area contributed by atoms with Gasteiger partial charge in [-0.1, -0.05) is 44.4 Å². The van der Waals surface area contributed by atoms with Gasteiger partial charge in [0.05, 0.1) is 0 Å². The summed E-state index contributed by atoms with van der Waals surface area (Å²) in [4.78, 5) is 0. The molecule has 0 bridgehead atoms. The van der Waals surface area contributed by atoms with Crippen molar-refractivity contribution in [1.82, 2.24) is 0 Å². The third-order valence-electron chi connectivity index (χ3n) is 3.03. The second kappa shape index (κ2) is 4.76. The van der Waals surface area contributed by atoms with Crippen LogP contribution < -0.4 is 0 Å². The first kappa shape index (κ1) is 9.05. The number of rotatable bonds is 4. The topological polar surface area (TPSA) is 0 Å². The van der Waals surface area contributed by atoms with Gasteiger partial charge in [-0.05, 0) is 12.0 Å². The van der Waals surface area contributed by atoms with Crippen LogP contribution in [0.15, 0.2) is 12.7 Å². The molecular weight excluding hydrogens is 148 g/mol. The summed E-state index contributed by atoms with van der Waals surface area (Å²) in [7, 11) is -0.344. The summed E-state index contributed by atoms with van der Waals surface area (Å²) in [5.41, 5.74) is 1.18. The van der Waals surface area contributed by atoms with E-state index in [1.54, 1.807) is 12.8 Å². The highest BCUT2D eigenvalue weighted by molar-refractivity contribution is 6.59. The van der Waals surface area contributed by atoms with E-state index in [1.165, 1.54) is 30.8 Å².